The van der Waals surface area contributed by atoms with Gasteiger partial charge in [0.15, 0.2) is 0 Å². The summed E-state index contributed by atoms with van der Waals surface area (Å²) in [6.07, 6.45) is 2.38. The molecular weight excluding hydrogens is 210 g/mol. The van der Waals surface area contributed by atoms with E-state index in [2.05, 4.69) is 23.0 Å². The van der Waals surface area contributed by atoms with Gasteiger partial charge in [0.25, 0.3) is 0 Å². The number of aromatic nitrogens is 2. The molecule has 2 heterocycles. The monoisotopic (exact) mass is 223 g/mol. The van der Waals surface area contributed by atoms with E-state index in [-0.39, 0.29) is 0 Å². The fourth-order valence-corrected chi connectivity index (χ4v) is 2.16. The summed E-state index contributed by atoms with van der Waals surface area (Å²) in [6, 6.07) is 2.05. The second-order valence-electron chi connectivity index (χ2n) is 3.25. The molecule has 0 aliphatic carbocycles. The van der Waals surface area contributed by atoms with Crippen LogP contribution >= 0.6 is 11.3 Å². The Bertz CT molecular complexity index is 455. The van der Waals surface area contributed by atoms with Crippen LogP contribution in [0.25, 0.3) is 10.2 Å². The van der Waals surface area contributed by atoms with Crippen LogP contribution in [0.4, 0.5) is 0 Å². The van der Waals surface area contributed by atoms with Crippen LogP contribution in [0, 0.1) is 6.92 Å². The van der Waals surface area contributed by atoms with Gasteiger partial charge in [-0.1, -0.05) is 0 Å². The molecule has 2 aromatic rings. The molecule has 2 rings (SSSR count). The SMILES string of the molecule is Cc1cc2c(OCCCN)ncnc2s1. The molecule has 0 aliphatic rings. The number of ether oxygens (including phenoxy) is 1. The lowest BCUT2D eigenvalue weighted by molar-refractivity contribution is 0.305. The topological polar surface area (TPSA) is 61.0 Å². The molecule has 0 aromatic carbocycles. The van der Waals surface area contributed by atoms with E-state index < -0.39 is 0 Å². The summed E-state index contributed by atoms with van der Waals surface area (Å²) in [4.78, 5) is 10.5. The zero-order valence-corrected chi connectivity index (χ0v) is 9.38. The van der Waals surface area contributed by atoms with E-state index in [9.17, 15) is 0 Å². The second kappa shape index (κ2) is 4.55. The lowest BCUT2D eigenvalue weighted by Crippen LogP contribution is -2.06. The average Bonchev–Trinajstić information content (AvgIpc) is 2.59. The molecule has 0 aliphatic heterocycles. The first kappa shape index (κ1) is 10.3. The first-order valence-electron chi connectivity index (χ1n) is 4.85. The van der Waals surface area contributed by atoms with Crippen molar-refractivity contribution in [2.45, 2.75) is 13.3 Å². The fourth-order valence-electron chi connectivity index (χ4n) is 1.32. The van der Waals surface area contributed by atoms with Gasteiger partial charge in [-0.3, -0.25) is 0 Å². The van der Waals surface area contributed by atoms with E-state index >= 15 is 0 Å². The van der Waals surface area contributed by atoms with Gasteiger partial charge in [0.2, 0.25) is 5.88 Å². The summed E-state index contributed by atoms with van der Waals surface area (Å²) < 4.78 is 5.55. The summed E-state index contributed by atoms with van der Waals surface area (Å²) in [5, 5.41) is 0.997. The van der Waals surface area contributed by atoms with Gasteiger partial charge in [0.1, 0.15) is 11.2 Å². The molecule has 4 nitrogen and oxygen atoms in total. The van der Waals surface area contributed by atoms with Crippen molar-refractivity contribution in [2.75, 3.05) is 13.2 Å². The molecule has 2 N–H and O–H groups in total. The zero-order valence-electron chi connectivity index (χ0n) is 8.56. The predicted octanol–water partition coefficient (Wildman–Crippen LogP) is 1.73. The molecule has 2 aromatic heterocycles. The molecule has 0 amide bonds. The van der Waals surface area contributed by atoms with E-state index in [0.717, 1.165) is 16.6 Å². The second-order valence-corrected chi connectivity index (χ2v) is 4.48. The fraction of sp³-hybridized carbons (Fsp3) is 0.400. The molecule has 0 bridgehead atoms. The smallest absolute Gasteiger partial charge is 0.225 e. The van der Waals surface area contributed by atoms with Crippen molar-refractivity contribution >= 4 is 21.6 Å². The molecule has 5 heteroatoms. The van der Waals surface area contributed by atoms with Gasteiger partial charge < -0.3 is 10.5 Å². The Morgan fingerprint density at radius 3 is 3.13 bits per heavy atom. The van der Waals surface area contributed by atoms with Gasteiger partial charge >= 0.3 is 0 Å². The number of hydrogen-bond donors (Lipinski definition) is 1. The summed E-state index contributed by atoms with van der Waals surface area (Å²) in [5.41, 5.74) is 5.40. The Balaban J connectivity index is 2.25. The van der Waals surface area contributed by atoms with Crippen molar-refractivity contribution in [3.8, 4) is 5.88 Å². The minimum Gasteiger partial charge on any atom is -0.477 e. The van der Waals surface area contributed by atoms with E-state index in [0.29, 0.717) is 19.0 Å². The Labute approximate surface area is 92.1 Å². The Morgan fingerprint density at radius 2 is 2.33 bits per heavy atom. The van der Waals surface area contributed by atoms with Crippen molar-refractivity contribution in [2.24, 2.45) is 5.73 Å². The van der Waals surface area contributed by atoms with Crippen molar-refractivity contribution < 1.29 is 4.74 Å². The first-order valence-corrected chi connectivity index (χ1v) is 5.67. The van der Waals surface area contributed by atoms with Crippen LogP contribution in [0.3, 0.4) is 0 Å². The third kappa shape index (κ3) is 2.24. The van der Waals surface area contributed by atoms with Crippen molar-refractivity contribution in [3.63, 3.8) is 0 Å². The average molecular weight is 223 g/mol. The van der Waals surface area contributed by atoms with Gasteiger partial charge in [-0.25, -0.2) is 9.97 Å². The van der Waals surface area contributed by atoms with Crippen LogP contribution in [0.5, 0.6) is 5.88 Å². The molecule has 0 unspecified atom stereocenters. The van der Waals surface area contributed by atoms with Crippen LogP contribution in [-0.4, -0.2) is 23.1 Å². The molecule has 80 valence electrons. The molecule has 15 heavy (non-hydrogen) atoms. The number of thiophene rings is 1. The maximum absolute atomic E-state index is 5.55. The van der Waals surface area contributed by atoms with Crippen LogP contribution in [0.15, 0.2) is 12.4 Å². The van der Waals surface area contributed by atoms with E-state index in [1.54, 1.807) is 11.3 Å². The lowest BCUT2D eigenvalue weighted by atomic mass is 10.3. The van der Waals surface area contributed by atoms with Gasteiger partial charge in [0.05, 0.1) is 12.0 Å². The molecule has 0 fully saturated rings. The number of aryl methyl sites for hydroxylation is 1. The minimum atomic E-state index is 0.609. The van der Waals surface area contributed by atoms with Gasteiger partial charge in [0, 0.05) is 4.88 Å². The largest absolute Gasteiger partial charge is 0.477 e. The number of fused-ring (bicyclic) bond motifs is 1. The standard InChI is InChI=1S/C10H13N3OS/c1-7-5-8-9(14-4-2-3-11)12-6-13-10(8)15-7/h5-6H,2-4,11H2,1H3. The number of nitrogens with two attached hydrogens (primary N) is 1. The van der Waals surface area contributed by atoms with Crippen molar-refractivity contribution in [1.82, 2.24) is 9.97 Å². The van der Waals surface area contributed by atoms with E-state index in [4.69, 9.17) is 10.5 Å². The quantitative estimate of drug-likeness (QED) is 0.802. The highest BCUT2D eigenvalue weighted by atomic mass is 32.1. The predicted molar refractivity (Wildman–Crippen MR) is 61.3 cm³/mol. The minimum absolute atomic E-state index is 0.609. The zero-order chi connectivity index (χ0) is 10.7. The first-order chi connectivity index (χ1) is 7.31. The summed E-state index contributed by atoms with van der Waals surface area (Å²) >= 11 is 1.65. The van der Waals surface area contributed by atoms with Crippen molar-refractivity contribution in [3.05, 3.63) is 17.3 Å². The third-order valence-electron chi connectivity index (χ3n) is 2.00. The van der Waals surface area contributed by atoms with E-state index in [1.165, 1.54) is 11.2 Å². The summed E-state index contributed by atoms with van der Waals surface area (Å²) in [5.74, 6) is 0.665. The molecule has 0 atom stereocenters. The van der Waals surface area contributed by atoms with Crippen LogP contribution in [0.1, 0.15) is 11.3 Å². The third-order valence-corrected chi connectivity index (χ3v) is 2.96. The van der Waals surface area contributed by atoms with Gasteiger partial charge in [-0.15, -0.1) is 11.3 Å². The van der Waals surface area contributed by atoms with Crippen LogP contribution < -0.4 is 10.5 Å². The molecule has 0 radical (unpaired) electrons. The number of rotatable bonds is 4. The highest BCUT2D eigenvalue weighted by Gasteiger charge is 2.07. The summed E-state index contributed by atoms with van der Waals surface area (Å²) in [7, 11) is 0. The van der Waals surface area contributed by atoms with Gasteiger partial charge in [-0.05, 0) is 26.0 Å². The molecule has 0 saturated carbocycles. The maximum Gasteiger partial charge on any atom is 0.225 e. The highest BCUT2D eigenvalue weighted by Crippen LogP contribution is 2.28. The highest BCUT2D eigenvalue weighted by molar-refractivity contribution is 7.18. The lowest BCUT2D eigenvalue weighted by Gasteiger charge is -2.03. The van der Waals surface area contributed by atoms with E-state index in [1.807, 2.05) is 0 Å². The van der Waals surface area contributed by atoms with Crippen LogP contribution in [-0.2, 0) is 0 Å². The molecule has 0 saturated heterocycles. The molecular formula is C10H13N3OS. The normalized spacial score (nSPS) is 10.8. The summed E-state index contributed by atoms with van der Waals surface area (Å²) in [6.45, 7) is 3.30. The van der Waals surface area contributed by atoms with Crippen LogP contribution in [0.2, 0.25) is 0 Å². The number of nitrogens with zero attached hydrogens (tertiary/aromatic N) is 2. The Morgan fingerprint density at radius 1 is 1.47 bits per heavy atom. The Hall–Kier alpha value is -1.20. The van der Waals surface area contributed by atoms with Crippen molar-refractivity contribution in [1.29, 1.82) is 0 Å². The molecule has 0 spiro atoms. The van der Waals surface area contributed by atoms with Gasteiger partial charge in [-0.2, -0.15) is 0 Å². The Kier molecular flexibility index (Phi) is 3.13. The maximum atomic E-state index is 5.55. The number of hydrogen-bond acceptors (Lipinski definition) is 5.